The van der Waals surface area contributed by atoms with Crippen LogP contribution >= 0.6 is 0 Å². The summed E-state index contributed by atoms with van der Waals surface area (Å²) in [5.74, 6) is 0.824. The zero-order chi connectivity index (χ0) is 12.0. The zero-order valence-corrected chi connectivity index (χ0v) is 9.90. The minimum atomic E-state index is -0.339. The highest BCUT2D eigenvalue weighted by atomic mass is 16.6. The molecular formula is C12H17NO3. The Labute approximate surface area is 95.8 Å². The molecule has 0 aliphatic carbocycles. The number of amides is 1. The third kappa shape index (κ3) is 3.81. The van der Waals surface area contributed by atoms with Crippen molar-refractivity contribution in [3.8, 4) is 5.75 Å². The van der Waals surface area contributed by atoms with Gasteiger partial charge in [-0.2, -0.15) is 0 Å². The highest BCUT2D eigenvalue weighted by Crippen LogP contribution is 2.12. The third-order valence-electron chi connectivity index (χ3n) is 1.96. The summed E-state index contributed by atoms with van der Waals surface area (Å²) < 4.78 is 10.3. The predicted octanol–water partition coefficient (Wildman–Crippen LogP) is 2.28. The Bertz CT molecular complexity index is 333. The van der Waals surface area contributed by atoms with Gasteiger partial charge in [0.25, 0.3) is 0 Å². The first-order valence-corrected chi connectivity index (χ1v) is 5.19. The standard InChI is InChI=1S/C12H17NO3/c1-4-15-11-7-5-10(6-8-11)9-16-12(14)13(2)3/h5-8H,4,9H2,1-3H3. The molecule has 1 rings (SSSR count). The Morgan fingerprint density at radius 1 is 1.25 bits per heavy atom. The summed E-state index contributed by atoms with van der Waals surface area (Å²) in [4.78, 5) is 12.6. The van der Waals surface area contributed by atoms with Crippen LogP contribution in [0.4, 0.5) is 4.79 Å². The van der Waals surface area contributed by atoms with E-state index in [1.807, 2.05) is 31.2 Å². The van der Waals surface area contributed by atoms with Crippen molar-refractivity contribution in [2.75, 3.05) is 20.7 Å². The molecule has 0 N–H and O–H groups in total. The molecule has 0 saturated carbocycles. The molecule has 4 nitrogen and oxygen atoms in total. The largest absolute Gasteiger partial charge is 0.494 e. The van der Waals surface area contributed by atoms with Gasteiger partial charge in [-0.05, 0) is 24.6 Å². The van der Waals surface area contributed by atoms with E-state index >= 15 is 0 Å². The van der Waals surface area contributed by atoms with Gasteiger partial charge in [0.05, 0.1) is 6.61 Å². The fourth-order valence-electron chi connectivity index (χ4n) is 1.12. The van der Waals surface area contributed by atoms with E-state index in [-0.39, 0.29) is 12.7 Å². The lowest BCUT2D eigenvalue weighted by Gasteiger charge is -2.11. The van der Waals surface area contributed by atoms with E-state index in [9.17, 15) is 4.79 Å². The first-order valence-electron chi connectivity index (χ1n) is 5.19. The molecule has 0 saturated heterocycles. The minimum Gasteiger partial charge on any atom is -0.494 e. The van der Waals surface area contributed by atoms with Crippen molar-refractivity contribution >= 4 is 6.09 Å². The average molecular weight is 223 g/mol. The fourth-order valence-corrected chi connectivity index (χ4v) is 1.12. The lowest BCUT2D eigenvalue weighted by Crippen LogP contribution is -2.22. The van der Waals surface area contributed by atoms with Crippen LogP contribution in [-0.2, 0) is 11.3 Å². The highest BCUT2D eigenvalue weighted by Gasteiger charge is 2.04. The summed E-state index contributed by atoms with van der Waals surface area (Å²) in [6.45, 7) is 2.87. The number of nitrogens with zero attached hydrogens (tertiary/aromatic N) is 1. The van der Waals surface area contributed by atoms with Crippen molar-refractivity contribution in [1.82, 2.24) is 4.90 Å². The molecule has 88 valence electrons. The molecule has 0 aliphatic heterocycles. The Balaban J connectivity index is 2.46. The molecule has 1 aromatic carbocycles. The molecule has 1 amide bonds. The average Bonchev–Trinajstić information content (AvgIpc) is 2.28. The molecule has 0 fully saturated rings. The number of rotatable bonds is 4. The molecule has 16 heavy (non-hydrogen) atoms. The topological polar surface area (TPSA) is 38.8 Å². The van der Waals surface area contributed by atoms with Gasteiger partial charge in [-0.1, -0.05) is 12.1 Å². The second-order valence-corrected chi connectivity index (χ2v) is 3.53. The minimum absolute atomic E-state index is 0.281. The quantitative estimate of drug-likeness (QED) is 0.786. The second-order valence-electron chi connectivity index (χ2n) is 3.53. The van der Waals surface area contributed by atoms with Gasteiger partial charge in [0.2, 0.25) is 0 Å². The Morgan fingerprint density at radius 2 is 1.88 bits per heavy atom. The number of carbonyl (C=O) groups is 1. The summed E-state index contributed by atoms with van der Waals surface area (Å²) in [5, 5.41) is 0. The van der Waals surface area contributed by atoms with Gasteiger partial charge < -0.3 is 14.4 Å². The molecule has 4 heteroatoms. The van der Waals surface area contributed by atoms with Gasteiger partial charge in [-0.25, -0.2) is 4.79 Å². The summed E-state index contributed by atoms with van der Waals surface area (Å²) >= 11 is 0. The molecular weight excluding hydrogens is 206 g/mol. The van der Waals surface area contributed by atoms with Gasteiger partial charge in [0, 0.05) is 14.1 Å². The van der Waals surface area contributed by atoms with E-state index < -0.39 is 0 Å². The van der Waals surface area contributed by atoms with Crippen LogP contribution < -0.4 is 4.74 Å². The Morgan fingerprint density at radius 3 is 2.38 bits per heavy atom. The molecule has 0 radical (unpaired) electrons. The van der Waals surface area contributed by atoms with E-state index in [2.05, 4.69) is 0 Å². The van der Waals surface area contributed by atoms with E-state index in [1.165, 1.54) is 4.90 Å². The SMILES string of the molecule is CCOc1ccc(COC(=O)N(C)C)cc1. The normalized spacial score (nSPS) is 9.69. The summed E-state index contributed by atoms with van der Waals surface area (Å²) in [6.07, 6.45) is -0.339. The van der Waals surface area contributed by atoms with Gasteiger partial charge in [0.1, 0.15) is 12.4 Å². The van der Waals surface area contributed by atoms with Crippen LogP contribution in [-0.4, -0.2) is 31.7 Å². The van der Waals surface area contributed by atoms with Crippen LogP contribution in [0.2, 0.25) is 0 Å². The van der Waals surface area contributed by atoms with E-state index in [4.69, 9.17) is 9.47 Å². The second kappa shape index (κ2) is 6.00. The van der Waals surface area contributed by atoms with Crippen molar-refractivity contribution in [3.05, 3.63) is 29.8 Å². The van der Waals surface area contributed by atoms with E-state index in [0.29, 0.717) is 6.61 Å². The summed E-state index contributed by atoms with van der Waals surface area (Å²) in [7, 11) is 3.31. The Hall–Kier alpha value is -1.71. The molecule has 0 aromatic heterocycles. The molecule has 0 unspecified atom stereocenters. The maximum absolute atomic E-state index is 11.2. The van der Waals surface area contributed by atoms with E-state index in [0.717, 1.165) is 11.3 Å². The van der Waals surface area contributed by atoms with Crippen molar-refractivity contribution in [1.29, 1.82) is 0 Å². The van der Waals surface area contributed by atoms with Crippen LogP contribution in [0, 0.1) is 0 Å². The van der Waals surface area contributed by atoms with Crippen molar-refractivity contribution in [3.63, 3.8) is 0 Å². The number of benzene rings is 1. The lowest BCUT2D eigenvalue weighted by atomic mass is 10.2. The smallest absolute Gasteiger partial charge is 0.409 e. The number of hydrogen-bond acceptors (Lipinski definition) is 3. The highest BCUT2D eigenvalue weighted by molar-refractivity contribution is 5.66. The maximum atomic E-state index is 11.2. The van der Waals surface area contributed by atoms with Gasteiger partial charge in [-0.3, -0.25) is 0 Å². The van der Waals surface area contributed by atoms with Gasteiger partial charge in [-0.15, -0.1) is 0 Å². The van der Waals surface area contributed by atoms with Gasteiger partial charge >= 0.3 is 6.09 Å². The predicted molar refractivity (Wildman–Crippen MR) is 61.5 cm³/mol. The van der Waals surface area contributed by atoms with Crippen molar-refractivity contribution in [2.24, 2.45) is 0 Å². The molecule has 1 aromatic rings. The first kappa shape index (κ1) is 12.4. The monoisotopic (exact) mass is 223 g/mol. The number of ether oxygens (including phenoxy) is 2. The van der Waals surface area contributed by atoms with Crippen molar-refractivity contribution in [2.45, 2.75) is 13.5 Å². The van der Waals surface area contributed by atoms with Crippen LogP contribution in [0.15, 0.2) is 24.3 Å². The molecule has 0 atom stereocenters. The first-order chi connectivity index (χ1) is 7.63. The molecule has 0 bridgehead atoms. The number of carbonyl (C=O) groups excluding carboxylic acids is 1. The molecule has 0 aliphatic rings. The summed E-state index contributed by atoms with van der Waals surface area (Å²) in [6, 6.07) is 7.49. The maximum Gasteiger partial charge on any atom is 0.409 e. The fraction of sp³-hybridized carbons (Fsp3) is 0.417. The van der Waals surface area contributed by atoms with E-state index in [1.54, 1.807) is 14.1 Å². The lowest BCUT2D eigenvalue weighted by molar-refractivity contribution is 0.112. The zero-order valence-electron chi connectivity index (χ0n) is 9.90. The molecule has 0 spiro atoms. The molecule has 0 heterocycles. The third-order valence-corrected chi connectivity index (χ3v) is 1.96. The summed E-state index contributed by atoms with van der Waals surface area (Å²) in [5.41, 5.74) is 0.943. The Kier molecular flexibility index (Phi) is 4.64. The number of hydrogen-bond donors (Lipinski definition) is 0. The van der Waals surface area contributed by atoms with Crippen LogP contribution in [0.25, 0.3) is 0 Å². The van der Waals surface area contributed by atoms with Crippen molar-refractivity contribution < 1.29 is 14.3 Å². The van der Waals surface area contributed by atoms with Gasteiger partial charge in [0.15, 0.2) is 0 Å². The van der Waals surface area contributed by atoms with Crippen LogP contribution in [0.3, 0.4) is 0 Å². The van der Waals surface area contributed by atoms with Crippen LogP contribution in [0.5, 0.6) is 5.75 Å². The van der Waals surface area contributed by atoms with Crippen LogP contribution in [0.1, 0.15) is 12.5 Å².